The number of ether oxygens (including phenoxy) is 1. The number of hydrogen-bond donors (Lipinski definition) is 2. The number of aromatic amines is 2. The van der Waals surface area contributed by atoms with Gasteiger partial charge in [0.25, 0.3) is 5.91 Å². The van der Waals surface area contributed by atoms with E-state index in [9.17, 15) is 21.6 Å². The van der Waals surface area contributed by atoms with E-state index in [2.05, 4.69) is 130 Å². The third-order valence-corrected chi connectivity index (χ3v) is 18.8. The lowest BCUT2D eigenvalue weighted by Crippen LogP contribution is -2.39. The summed E-state index contributed by atoms with van der Waals surface area (Å²) in [7, 11) is -4.71. The van der Waals surface area contributed by atoms with E-state index in [1.807, 2.05) is 84.0 Å². The Labute approximate surface area is 494 Å². The molecule has 0 radical (unpaired) electrons. The Hall–Kier alpha value is -7.99. The number of carbonyl (C=O) groups is 1. The minimum absolute atomic E-state index is 0.0899. The Morgan fingerprint density at radius 3 is 1.80 bits per heavy atom. The van der Waals surface area contributed by atoms with Crippen LogP contribution in [-0.2, 0) is 57.8 Å². The van der Waals surface area contributed by atoms with Crippen molar-refractivity contribution in [1.82, 2.24) is 39.7 Å². The highest BCUT2D eigenvalue weighted by Crippen LogP contribution is 2.34. The molecule has 16 heteroatoms. The number of methoxy groups -OCH3 is 1. The third-order valence-electron chi connectivity index (χ3n) is 16.6. The Morgan fingerprint density at radius 2 is 1.17 bits per heavy atom. The average Bonchev–Trinajstić information content (AvgIpc) is 3.66. The van der Waals surface area contributed by atoms with Gasteiger partial charge in [-0.05, 0) is 186 Å². The molecule has 1 saturated heterocycles. The maximum absolute atomic E-state index is 13.2. The van der Waals surface area contributed by atoms with Gasteiger partial charge in [0.1, 0.15) is 5.75 Å². The zero-order valence-electron chi connectivity index (χ0n) is 49.5. The van der Waals surface area contributed by atoms with Gasteiger partial charge in [-0.3, -0.25) is 24.8 Å². The van der Waals surface area contributed by atoms with E-state index in [-0.39, 0.29) is 22.5 Å². The summed E-state index contributed by atoms with van der Waals surface area (Å²) in [5.41, 5.74) is 9.98. The van der Waals surface area contributed by atoms with E-state index in [0.29, 0.717) is 16.3 Å². The number of piperidine rings is 1. The normalized spacial score (nSPS) is 14.8. The molecular formula is C68H74N8O6S2. The monoisotopic (exact) mass is 1160 g/mol. The Bertz CT molecular complexity index is 4290. The number of rotatable bonds is 10. The SMILES string of the molecule is CC(C)(C#Cc1ccc2[nH]ncc2c1)N1Cc2ccc(S(C)(=O)=O)cc2C1.CC(C)(C#Cc1ccc2[nH]ncc2c1)N1Cc2cccc(C(=O)N3CCCCC3)c2C1.COc1cccc(CCC(C)(C)n2cc3ccc(S(C)(=O)=O)cc3c2)c1. The van der Waals surface area contributed by atoms with Gasteiger partial charge in [0, 0.05) is 103 Å². The molecule has 0 bridgehead atoms. The molecule has 0 saturated carbocycles. The van der Waals surface area contributed by atoms with Gasteiger partial charge in [-0.2, -0.15) is 10.2 Å². The Balaban J connectivity index is 0.000000141. The van der Waals surface area contributed by atoms with E-state index in [1.54, 1.807) is 37.6 Å². The number of nitrogens with zero attached hydrogens (tertiary/aromatic N) is 6. The summed E-state index contributed by atoms with van der Waals surface area (Å²) in [5.74, 6) is 14.5. The minimum Gasteiger partial charge on any atom is -0.497 e. The fraction of sp³-hybridized carbons (Fsp3) is 0.338. The van der Waals surface area contributed by atoms with Crippen molar-refractivity contribution < 1.29 is 26.4 Å². The molecule has 1 fully saturated rings. The van der Waals surface area contributed by atoms with Crippen molar-refractivity contribution in [2.24, 2.45) is 0 Å². The number of amides is 1. The fourth-order valence-electron chi connectivity index (χ4n) is 11.0. The van der Waals surface area contributed by atoms with Crippen LogP contribution in [-0.4, -0.2) is 106 Å². The number of benzene rings is 6. The number of carbonyl (C=O) groups excluding carboxylic acids is 1. The number of aryl methyl sites for hydroxylation is 1. The molecule has 0 aliphatic carbocycles. The quantitative estimate of drug-likeness (QED) is 0.126. The van der Waals surface area contributed by atoms with Gasteiger partial charge >= 0.3 is 0 Å². The molecule has 14 nitrogen and oxygen atoms in total. The first kappa shape index (κ1) is 59.2. The van der Waals surface area contributed by atoms with E-state index in [1.165, 1.54) is 35.6 Å². The number of sulfone groups is 2. The van der Waals surface area contributed by atoms with Crippen LogP contribution in [0.4, 0.5) is 0 Å². The molecule has 0 spiro atoms. The van der Waals surface area contributed by atoms with Crippen molar-refractivity contribution in [1.29, 1.82) is 0 Å². The molecule has 434 valence electrons. The van der Waals surface area contributed by atoms with Gasteiger partial charge in [-0.15, -0.1) is 0 Å². The molecule has 3 aliphatic rings. The van der Waals surface area contributed by atoms with Crippen LogP contribution >= 0.6 is 0 Å². The summed E-state index contributed by atoms with van der Waals surface area (Å²) in [6.45, 7) is 17.7. The van der Waals surface area contributed by atoms with Gasteiger partial charge in [0.2, 0.25) is 0 Å². The number of likely N-dealkylation sites (tertiary alicyclic amines) is 1. The highest BCUT2D eigenvalue weighted by atomic mass is 32.2. The minimum atomic E-state index is -3.19. The fourth-order valence-corrected chi connectivity index (χ4v) is 12.4. The Morgan fingerprint density at radius 1 is 0.595 bits per heavy atom. The number of H-pyrrole nitrogens is 2. The van der Waals surface area contributed by atoms with E-state index < -0.39 is 19.7 Å². The highest BCUT2D eigenvalue weighted by molar-refractivity contribution is 7.91. The van der Waals surface area contributed by atoms with Gasteiger partial charge in [-0.25, -0.2) is 16.8 Å². The second-order valence-corrected chi connectivity index (χ2v) is 28.1. The smallest absolute Gasteiger partial charge is 0.254 e. The van der Waals surface area contributed by atoms with Crippen LogP contribution in [0.25, 0.3) is 32.6 Å². The van der Waals surface area contributed by atoms with Crippen molar-refractivity contribution >= 4 is 58.2 Å². The molecule has 0 atom stereocenters. The van der Waals surface area contributed by atoms with E-state index >= 15 is 0 Å². The number of aromatic nitrogens is 5. The lowest BCUT2D eigenvalue weighted by atomic mass is 9.95. The molecule has 3 aliphatic heterocycles. The standard InChI is InChI=1S/C26H28N4O.C21H21N3O2S.C21H25NO3S/c1-26(2,12-11-19-9-10-24-21(15-19)16-27-28-24)30-17-20-7-6-8-22(23(20)18-30)25(31)29-13-4-3-5-14-29;1-21(2,9-8-15-4-7-20-17(10-15)12-22-23-20)24-13-16-5-6-19(27(3,25)26)11-18(16)14-24;1-21(2,11-10-16-6-5-7-19(12-16)25-3)22-14-17-8-9-20(26(4,23)24)13-18(17)15-22/h6-10,15-16H,3-5,13-14,17-18H2,1-2H3,(H,27,28);4-7,10-12H,13-14H2,1-3H3,(H,22,23);5-9,12-15H,10-11H2,1-4H3. The molecule has 6 heterocycles. The van der Waals surface area contributed by atoms with Crippen molar-refractivity contribution in [2.75, 3.05) is 32.7 Å². The van der Waals surface area contributed by atoms with Gasteiger partial charge in [0.05, 0.1) is 51.4 Å². The molecule has 12 rings (SSSR count). The molecule has 3 aromatic heterocycles. The highest BCUT2D eigenvalue weighted by Gasteiger charge is 2.34. The molecule has 6 aromatic carbocycles. The summed E-state index contributed by atoms with van der Waals surface area (Å²) in [6, 6.07) is 37.1. The Kier molecular flexibility index (Phi) is 16.9. The average molecular weight is 1160 g/mol. The second-order valence-electron chi connectivity index (χ2n) is 24.1. The van der Waals surface area contributed by atoms with Gasteiger partial charge in [0.15, 0.2) is 19.7 Å². The molecule has 1 amide bonds. The topological polar surface area (TPSA) is 167 Å². The first-order valence-electron chi connectivity index (χ1n) is 28.5. The summed E-state index contributed by atoms with van der Waals surface area (Å²) in [6.07, 6.45) is 15.6. The molecule has 9 aromatic rings. The predicted octanol–water partition coefficient (Wildman–Crippen LogP) is 11.9. The molecule has 2 N–H and O–H groups in total. The maximum Gasteiger partial charge on any atom is 0.254 e. The van der Waals surface area contributed by atoms with E-state index in [0.717, 1.165) is 125 Å². The molecule has 84 heavy (non-hydrogen) atoms. The van der Waals surface area contributed by atoms with Crippen LogP contribution < -0.4 is 4.74 Å². The largest absolute Gasteiger partial charge is 0.497 e. The van der Waals surface area contributed by atoms with Crippen LogP contribution in [0.3, 0.4) is 0 Å². The van der Waals surface area contributed by atoms with Gasteiger partial charge in [-0.1, -0.05) is 60.1 Å². The predicted molar refractivity (Wildman–Crippen MR) is 334 cm³/mol. The first-order chi connectivity index (χ1) is 39.9. The molecular weight excluding hydrogens is 1090 g/mol. The van der Waals surface area contributed by atoms with Crippen LogP contribution in [0.15, 0.2) is 150 Å². The van der Waals surface area contributed by atoms with Crippen LogP contribution in [0.2, 0.25) is 0 Å². The van der Waals surface area contributed by atoms with Crippen LogP contribution in [0, 0.1) is 23.7 Å². The summed E-state index contributed by atoms with van der Waals surface area (Å²) in [5, 5.41) is 18.1. The van der Waals surface area contributed by atoms with E-state index in [4.69, 9.17) is 4.74 Å². The maximum atomic E-state index is 13.2. The zero-order valence-corrected chi connectivity index (χ0v) is 51.1. The van der Waals surface area contributed by atoms with Crippen LogP contribution in [0.5, 0.6) is 5.75 Å². The van der Waals surface area contributed by atoms with Crippen molar-refractivity contribution in [3.8, 4) is 29.4 Å². The zero-order chi connectivity index (χ0) is 59.6. The number of hydrogen-bond acceptors (Lipinski definition) is 10. The summed E-state index contributed by atoms with van der Waals surface area (Å²) in [4.78, 5) is 20.6. The molecule has 0 unspecified atom stereocenters. The van der Waals surface area contributed by atoms with Crippen molar-refractivity contribution in [3.63, 3.8) is 0 Å². The summed E-state index contributed by atoms with van der Waals surface area (Å²) < 4.78 is 54.6. The van der Waals surface area contributed by atoms with Crippen molar-refractivity contribution in [3.05, 3.63) is 185 Å². The summed E-state index contributed by atoms with van der Waals surface area (Å²) >= 11 is 0. The second kappa shape index (κ2) is 23.9. The third kappa shape index (κ3) is 13.6. The lowest BCUT2D eigenvalue weighted by Gasteiger charge is -2.30. The lowest BCUT2D eigenvalue weighted by molar-refractivity contribution is 0.0722. The number of fused-ring (bicyclic) bond motifs is 5. The first-order valence-corrected chi connectivity index (χ1v) is 32.3. The van der Waals surface area contributed by atoms with Crippen molar-refractivity contribution in [2.45, 2.75) is 126 Å². The number of nitrogens with one attached hydrogen (secondary N) is 2. The van der Waals surface area contributed by atoms with Gasteiger partial charge < -0.3 is 14.2 Å². The van der Waals surface area contributed by atoms with Crippen LogP contribution in [0.1, 0.15) is 117 Å².